The van der Waals surface area contributed by atoms with Crippen LogP contribution in [0.3, 0.4) is 0 Å². The van der Waals surface area contributed by atoms with Crippen LogP contribution in [0.4, 0.5) is 0 Å². The maximum Gasteiger partial charge on any atom is 0.275 e. The van der Waals surface area contributed by atoms with Gasteiger partial charge >= 0.3 is 0 Å². The van der Waals surface area contributed by atoms with Gasteiger partial charge in [0.2, 0.25) is 5.91 Å². The quantitative estimate of drug-likeness (QED) is 0.708. The molecule has 0 saturated carbocycles. The number of likely N-dealkylation sites (N-methyl/N-ethyl adjacent to an activating group) is 1. The number of benzene rings is 1. The molecule has 1 aromatic carbocycles. The van der Waals surface area contributed by atoms with E-state index in [1.54, 1.807) is 36.5 Å². The van der Waals surface area contributed by atoms with E-state index < -0.39 is 0 Å². The van der Waals surface area contributed by atoms with E-state index in [2.05, 4.69) is 5.10 Å². The highest BCUT2D eigenvalue weighted by molar-refractivity contribution is 5.76. The van der Waals surface area contributed by atoms with Gasteiger partial charge in [0.05, 0.1) is 17.9 Å². The zero-order chi connectivity index (χ0) is 18.7. The molecule has 0 fully saturated rings. The van der Waals surface area contributed by atoms with Gasteiger partial charge in [-0.2, -0.15) is 5.10 Å². The summed E-state index contributed by atoms with van der Waals surface area (Å²) >= 11 is 0. The van der Waals surface area contributed by atoms with Crippen molar-refractivity contribution in [2.75, 3.05) is 7.05 Å². The maximum absolute atomic E-state index is 12.7. The first-order valence-electron chi connectivity index (χ1n) is 8.39. The number of carbonyl (C=O) groups is 1. The van der Waals surface area contributed by atoms with Crippen molar-refractivity contribution in [2.45, 2.75) is 26.4 Å². The molecular formula is C20H21N3O3. The van der Waals surface area contributed by atoms with E-state index in [4.69, 9.17) is 4.42 Å². The van der Waals surface area contributed by atoms with E-state index in [0.29, 0.717) is 11.3 Å². The molecule has 6 heteroatoms. The van der Waals surface area contributed by atoms with Crippen LogP contribution in [0.5, 0.6) is 0 Å². The predicted octanol–water partition coefficient (Wildman–Crippen LogP) is 3.03. The molecule has 0 aliphatic rings. The number of amides is 1. The largest absolute Gasteiger partial charge is 0.467 e. The zero-order valence-electron chi connectivity index (χ0n) is 15.0. The molecule has 0 bridgehead atoms. The molecule has 1 unspecified atom stereocenters. The first-order chi connectivity index (χ1) is 12.5. The minimum Gasteiger partial charge on any atom is -0.467 e. The summed E-state index contributed by atoms with van der Waals surface area (Å²) in [5.41, 5.74) is 2.16. The lowest BCUT2D eigenvalue weighted by molar-refractivity contribution is -0.133. The van der Waals surface area contributed by atoms with E-state index in [1.807, 2.05) is 44.2 Å². The van der Waals surface area contributed by atoms with Crippen molar-refractivity contribution >= 4 is 5.91 Å². The normalized spacial score (nSPS) is 12.0. The van der Waals surface area contributed by atoms with Gasteiger partial charge in [0.15, 0.2) is 0 Å². The number of nitrogens with zero attached hydrogens (tertiary/aromatic N) is 3. The van der Waals surface area contributed by atoms with E-state index >= 15 is 0 Å². The summed E-state index contributed by atoms with van der Waals surface area (Å²) in [4.78, 5) is 26.8. The minimum atomic E-state index is -0.288. The van der Waals surface area contributed by atoms with Crippen LogP contribution in [0.25, 0.3) is 11.1 Å². The van der Waals surface area contributed by atoms with Gasteiger partial charge in [0, 0.05) is 13.2 Å². The average molecular weight is 351 g/mol. The summed E-state index contributed by atoms with van der Waals surface area (Å²) in [6.07, 6.45) is 3.11. The van der Waals surface area contributed by atoms with Gasteiger partial charge in [-0.05, 0) is 37.6 Å². The molecule has 134 valence electrons. The van der Waals surface area contributed by atoms with Crippen LogP contribution in [0, 0.1) is 6.92 Å². The predicted molar refractivity (Wildman–Crippen MR) is 98.6 cm³/mol. The van der Waals surface area contributed by atoms with Gasteiger partial charge in [-0.1, -0.05) is 29.8 Å². The smallest absolute Gasteiger partial charge is 0.275 e. The fraction of sp³-hybridized carbons (Fsp3) is 0.250. The average Bonchev–Trinajstić information content (AvgIpc) is 3.17. The second-order valence-corrected chi connectivity index (χ2v) is 6.27. The molecule has 0 aliphatic carbocycles. The van der Waals surface area contributed by atoms with Crippen LogP contribution in [0.2, 0.25) is 0 Å². The Morgan fingerprint density at radius 2 is 1.96 bits per heavy atom. The fourth-order valence-electron chi connectivity index (χ4n) is 2.69. The Morgan fingerprint density at radius 1 is 1.23 bits per heavy atom. The van der Waals surface area contributed by atoms with Crippen LogP contribution in [-0.4, -0.2) is 27.6 Å². The van der Waals surface area contributed by atoms with E-state index in [-0.39, 0.29) is 24.1 Å². The van der Waals surface area contributed by atoms with Crippen molar-refractivity contribution in [1.82, 2.24) is 14.7 Å². The van der Waals surface area contributed by atoms with Crippen molar-refractivity contribution in [3.05, 3.63) is 76.6 Å². The second-order valence-electron chi connectivity index (χ2n) is 6.27. The molecule has 26 heavy (non-hydrogen) atoms. The number of aryl methyl sites for hydroxylation is 1. The number of furan rings is 1. The zero-order valence-corrected chi connectivity index (χ0v) is 15.0. The van der Waals surface area contributed by atoms with E-state index in [9.17, 15) is 9.59 Å². The Bertz CT molecular complexity index is 943. The van der Waals surface area contributed by atoms with Gasteiger partial charge in [0.1, 0.15) is 12.3 Å². The lowest BCUT2D eigenvalue weighted by Gasteiger charge is -2.23. The van der Waals surface area contributed by atoms with E-state index in [1.165, 1.54) is 4.68 Å². The highest BCUT2D eigenvalue weighted by Gasteiger charge is 2.20. The number of carbonyl (C=O) groups excluding carboxylic acids is 1. The highest BCUT2D eigenvalue weighted by Crippen LogP contribution is 2.19. The topological polar surface area (TPSA) is 68.3 Å². The Morgan fingerprint density at radius 3 is 2.62 bits per heavy atom. The standard InChI is InChI=1S/C20H21N3O3/c1-14-6-8-16(9-7-14)17-10-11-21-23(20(17)25)13-19(24)22(3)15(2)18-5-4-12-26-18/h4-12,15H,13H2,1-3H3. The second kappa shape index (κ2) is 7.39. The van der Waals surface area contributed by atoms with Crippen molar-refractivity contribution in [3.63, 3.8) is 0 Å². The third kappa shape index (κ3) is 3.59. The summed E-state index contributed by atoms with van der Waals surface area (Å²) in [7, 11) is 1.68. The molecule has 1 amide bonds. The van der Waals surface area contributed by atoms with Gasteiger partial charge in [0.25, 0.3) is 5.56 Å². The molecule has 0 radical (unpaired) electrons. The minimum absolute atomic E-state index is 0.125. The number of hydrogen-bond donors (Lipinski definition) is 0. The molecule has 6 nitrogen and oxygen atoms in total. The Kier molecular flexibility index (Phi) is 5.02. The summed E-state index contributed by atoms with van der Waals surface area (Å²) < 4.78 is 6.55. The summed E-state index contributed by atoms with van der Waals surface area (Å²) in [6.45, 7) is 3.74. The van der Waals surface area contributed by atoms with Crippen molar-refractivity contribution in [1.29, 1.82) is 0 Å². The summed E-state index contributed by atoms with van der Waals surface area (Å²) in [6, 6.07) is 12.7. The molecule has 3 aromatic rings. The van der Waals surface area contributed by atoms with Crippen LogP contribution >= 0.6 is 0 Å². The SMILES string of the molecule is Cc1ccc(-c2ccnn(CC(=O)N(C)C(C)c3ccco3)c2=O)cc1. The molecule has 0 saturated heterocycles. The number of hydrogen-bond acceptors (Lipinski definition) is 4. The third-order valence-electron chi connectivity index (χ3n) is 4.49. The van der Waals surface area contributed by atoms with Gasteiger partial charge < -0.3 is 9.32 Å². The number of rotatable bonds is 5. The fourth-order valence-corrected chi connectivity index (χ4v) is 2.69. The lowest BCUT2D eigenvalue weighted by atomic mass is 10.1. The molecule has 2 heterocycles. The summed E-state index contributed by atoms with van der Waals surface area (Å²) in [5.74, 6) is 0.471. The maximum atomic E-state index is 12.7. The Hall–Kier alpha value is -3.15. The molecule has 0 spiro atoms. The van der Waals surface area contributed by atoms with Crippen molar-refractivity contribution < 1.29 is 9.21 Å². The number of aromatic nitrogens is 2. The van der Waals surface area contributed by atoms with Gasteiger partial charge in [-0.3, -0.25) is 9.59 Å². The summed E-state index contributed by atoms with van der Waals surface area (Å²) in [5, 5.41) is 4.06. The van der Waals surface area contributed by atoms with E-state index in [0.717, 1.165) is 11.1 Å². The first kappa shape index (κ1) is 17.7. The van der Waals surface area contributed by atoms with Crippen LogP contribution < -0.4 is 5.56 Å². The molecule has 2 aromatic heterocycles. The van der Waals surface area contributed by atoms with Crippen molar-refractivity contribution in [2.24, 2.45) is 0 Å². The van der Waals surface area contributed by atoms with Crippen molar-refractivity contribution in [3.8, 4) is 11.1 Å². The molecule has 0 aliphatic heterocycles. The Balaban J connectivity index is 1.82. The lowest BCUT2D eigenvalue weighted by Crippen LogP contribution is -2.36. The van der Waals surface area contributed by atoms with Crippen LogP contribution in [0.15, 0.2) is 64.1 Å². The first-order valence-corrected chi connectivity index (χ1v) is 8.39. The van der Waals surface area contributed by atoms with Crippen LogP contribution in [-0.2, 0) is 11.3 Å². The van der Waals surface area contributed by atoms with Gasteiger partial charge in [-0.25, -0.2) is 4.68 Å². The molecule has 3 rings (SSSR count). The Labute approximate surface area is 151 Å². The third-order valence-corrected chi connectivity index (χ3v) is 4.49. The highest BCUT2D eigenvalue weighted by atomic mass is 16.3. The van der Waals surface area contributed by atoms with Gasteiger partial charge in [-0.15, -0.1) is 0 Å². The molecule has 1 atom stereocenters. The molecular weight excluding hydrogens is 330 g/mol. The van der Waals surface area contributed by atoms with Crippen LogP contribution in [0.1, 0.15) is 24.3 Å². The monoisotopic (exact) mass is 351 g/mol. The molecule has 0 N–H and O–H groups in total.